The molecule has 0 aliphatic heterocycles. The van der Waals surface area contributed by atoms with Crippen LogP contribution < -0.4 is 5.32 Å². The number of urea groups is 1. The predicted molar refractivity (Wildman–Crippen MR) is 84.1 cm³/mol. The molecule has 1 aromatic carbocycles. The predicted octanol–water partition coefficient (Wildman–Crippen LogP) is 2.17. The van der Waals surface area contributed by atoms with Gasteiger partial charge in [-0.15, -0.1) is 5.10 Å². The Kier molecular flexibility index (Phi) is 4.11. The number of rotatable bonds is 5. The van der Waals surface area contributed by atoms with Gasteiger partial charge in [0.1, 0.15) is 0 Å². The number of aliphatic hydroxyl groups is 1. The van der Waals surface area contributed by atoms with E-state index in [0.717, 1.165) is 24.1 Å². The van der Waals surface area contributed by atoms with Gasteiger partial charge in [0.05, 0.1) is 12.3 Å². The van der Waals surface area contributed by atoms with Gasteiger partial charge in [0.25, 0.3) is 0 Å². The van der Waals surface area contributed by atoms with E-state index in [1.54, 1.807) is 9.58 Å². The number of nitrogens with one attached hydrogen (secondary N) is 1. The fourth-order valence-electron chi connectivity index (χ4n) is 2.41. The summed E-state index contributed by atoms with van der Waals surface area (Å²) in [4.78, 5) is 14.0. The van der Waals surface area contributed by atoms with Crippen LogP contribution in [0.3, 0.4) is 0 Å². The second kappa shape index (κ2) is 6.19. The van der Waals surface area contributed by atoms with E-state index in [1.165, 1.54) is 0 Å². The smallest absolute Gasteiger partial charge is 0.323 e. The topological polar surface area (TPSA) is 70.4 Å². The third-order valence-corrected chi connectivity index (χ3v) is 3.73. The van der Waals surface area contributed by atoms with Crippen molar-refractivity contribution in [3.63, 3.8) is 0 Å². The average molecular weight is 300 g/mol. The summed E-state index contributed by atoms with van der Waals surface area (Å²) in [6.07, 6.45) is 3.90. The highest BCUT2D eigenvalue weighted by molar-refractivity contribution is 5.89. The Hall–Kier alpha value is -2.34. The number of aryl methyl sites for hydroxylation is 1. The molecule has 22 heavy (non-hydrogen) atoms. The largest absolute Gasteiger partial charge is 0.395 e. The van der Waals surface area contributed by atoms with Gasteiger partial charge < -0.3 is 10.0 Å². The summed E-state index contributed by atoms with van der Waals surface area (Å²) in [5, 5.41) is 16.4. The van der Waals surface area contributed by atoms with Crippen LogP contribution in [0.2, 0.25) is 0 Å². The van der Waals surface area contributed by atoms with E-state index >= 15 is 0 Å². The van der Waals surface area contributed by atoms with Gasteiger partial charge in [-0.3, -0.25) is 5.32 Å². The minimum atomic E-state index is -0.196. The van der Waals surface area contributed by atoms with E-state index in [4.69, 9.17) is 5.11 Å². The molecule has 1 aromatic heterocycles. The van der Waals surface area contributed by atoms with Crippen molar-refractivity contribution in [2.75, 3.05) is 18.5 Å². The molecule has 1 saturated carbocycles. The molecule has 3 rings (SSSR count). The number of hydrogen-bond donors (Lipinski definition) is 2. The number of carbonyl (C=O) groups excluding carboxylic acids is 1. The van der Waals surface area contributed by atoms with Crippen molar-refractivity contribution in [2.45, 2.75) is 25.8 Å². The summed E-state index contributed by atoms with van der Waals surface area (Å²) in [6.45, 7) is 2.24. The van der Waals surface area contributed by atoms with Gasteiger partial charge in [-0.1, -0.05) is 18.2 Å². The first-order valence-electron chi connectivity index (χ1n) is 7.49. The molecule has 0 saturated heterocycles. The van der Waals surface area contributed by atoms with E-state index in [0.29, 0.717) is 12.4 Å². The third kappa shape index (κ3) is 3.12. The van der Waals surface area contributed by atoms with E-state index in [9.17, 15) is 4.79 Å². The first-order valence-corrected chi connectivity index (χ1v) is 7.49. The molecule has 6 nitrogen and oxygen atoms in total. The summed E-state index contributed by atoms with van der Waals surface area (Å²) in [6, 6.07) is 9.81. The Labute approximate surface area is 129 Å². The van der Waals surface area contributed by atoms with Crippen molar-refractivity contribution in [3.8, 4) is 5.69 Å². The van der Waals surface area contributed by atoms with Crippen molar-refractivity contribution >= 4 is 11.8 Å². The Morgan fingerprint density at radius 3 is 2.77 bits per heavy atom. The quantitative estimate of drug-likeness (QED) is 0.889. The summed E-state index contributed by atoms with van der Waals surface area (Å²) in [7, 11) is 0. The van der Waals surface area contributed by atoms with Crippen molar-refractivity contribution in [3.05, 3.63) is 42.1 Å². The molecule has 0 atom stereocenters. The number of benzene rings is 1. The zero-order valence-electron chi connectivity index (χ0n) is 12.6. The lowest BCUT2D eigenvalue weighted by Gasteiger charge is -2.21. The van der Waals surface area contributed by atoms with Gasteiger partial charge in [0.15, 0.2) is 5.82 Å². The maximum absolute atomic E-state index is 12.3. The van der Waals surface area contributed by atoms with Crippen LogP contribution >= 0.6 is 0 Å². The Bertz CT molecular complexity index is 649. The fraction of sp³-hybridized carbons (Fsp3) is 0.375. The van der Waals surface area contributed by atoms with Gasteiger partial charge in [0, 0.05) is 24.3 Å². The monoisotopic (exact) mass is 300 g/mol. The van der Waals surface area contributed by atoms with Crippen LogP contribution in [-0.4, -0.2) is 45.0 Å². The van der Waals surface area contributed by atoms with E-state index in [2.05, 4.69) is 10.4 Å². The number of aromatic nitrogens is 2. The molecule has 1 heterocycles. The second-order valence-electron chi connectivity index (χ2n) is 5.52. The highest BCUT2D eigenvalue weighted by Crippen LogP contribution is 2.27. The van der Waals surface area contributed by atoms with Crippen molar-refractivity contribution in [2.24, 2.45) is 0 Å². The van der Waals surface area contributed by atoms with Crippen molar-refractivity contribution < 1.29 is 9.90 Å². The molecule has 6 heteroatoms. The standard InChI is InChI=1S/C16H20N4O2/c1-12-11-20(14-5-3-2-4-6-14)18-15(12)17-16(22)19(9-10-21)13-7-8-13/h2-6,11,13,21H,7-10H2,1H3,(H,17,18,22). The van der Waals surface area contributed by atoms with Crippen LogP contribution in [0, 0.1) is 6.92 Å². The normalized spacial score (nSPS) is 13.9. The number of aliphatic hydroxyl groups excluding tert-OH is 1. The molecule has 1 fully saturated rings. The summed E-state index contributed by atoms with van der Waals surface area (Å²) in [5.41, 5.74) is 1.84. The van der Waals surface area contributed by atoms with Crippen LogP contribution in [-0.2, 0) is 0 Å². The summed E-state index contributed by atoms with van der Waals surface area (Å²) < 4.78 is 1.75. The van der Waals surface area contributed by atoms with Gasteiger partial charge in [0.2, 0.25) is 0 Å². The Balaban J connectivity index is 1.75. The molecular weight excluding hydrogens is 280 g/mol. The van der Waals surface area contributed by atoms with Gasteiger partial charge in [-0.2, -0.15) is 0 Å². The summed E-state index contributed by atoms with van der Waals surface area (Å²) >= 11 is 0. The van der Waals surface area contributed by atoms with Gasteiger partial charge in [-0.25, -0.2) is 9.48 Å². The van der Waals surface area contributed by atoms with E-state index in [1.807, 2.05) is 43.5 Å². The van der Waals surface area contributed by atoms with Crippen LogP contribution in [0.4, 0.5) is 10.6 Å². The van der Waals surface area contributed by atoms with Crippen LogP contribution in [0.25, 0.3) is 5.69 Å². The molecule has 0 radical (unpaired) electrons. The highest BCUT2D eigenvalue weighted by Gasteiger charge is 2.32. The minimum Gasteiger partial charge on any atom is -0.395 e. The number of hydrogen-bond acceptors (Lipinski definition) is 3. The molecule has 0 bridgehead atoms. The number of para-hydroxylation sites is 1. The lowest BCUT2D eigenvalue weighted by atomic mass is 10.3. The molecule has 0 unspecified atom stereocenters. The first-order chi connectivity index (χ1) is 10.7. The maximum Gasteiger partial charge on any atom is 0.323 e. The Morgan fingerprint density at radius 1 is 1.41 bits per heavy atom. The molecule has 2 amide bonds. The van der Waals surface area contributed by atoms with E-state index < -0.39 is 0 Å². The molecule has 1 aliphatic rings. The second-order valence-corrected chi connectivity index (χ2v) is 5.52. The third-order valence-electron chi connectivity index (χ3n) is 3.73. The number of anilines is 1. The average Bonchev–Trinajstić information content (AvgIpc) is 3.30. The first kappa shape index (κ1) is 14.6. The number of nitrogens with zero attached hydrogens (tertiary/aromatic N) is 3. The zero-order valence-corrected chi connectivity index (χ0v) is 12.6. The van der Waals surface area contributed by atoms with Gasteiger partial charge >= 0.3 is 6.03 Å². The van der Waals surface area contributed by atoms with Crippen molar-refractivity contribution in [1.82, 2.24) is 14.7 Å². The van der Waals surface area contributed by atoms with E-state index in [-0.39, 0.29) is 18.7 Å². The lowest BCUT2D eigenvalue weighted by molar-refractivity contribution is 0.185. The number of carbonyl (C=O) groups is 1. The molecule has 2 N–H and O–H groups in total. The zero-order chi connectivity index (χ0) is 15.5. The van der Waals surface area contributed by atoms with Crippen LogP contribution in [0.1, 0.15) is 18.4 Å². The highest BCUT2D eigenvalue weighted by atomic mass is 16.3. The SMILES string of the molecule is Cc1cn(-c2ccccc2)nc1NC(=O)N(CCO)C1CC1. The molecule has 1 aliphatic carbocycles. The molecule has 0 spiro atoms. The lowest BCUT2D eigenvalue weighted by Crippen LogP contribution is -2.38. The van der Waals surface area contributed by atoms with Crippen LogP contribution in [0.15, 0.2) is 36.5 Å². The Morgan fingerprint density at radius 2 is 2.14 bits per heavy atom. The molecule has 116 valence electrons. The molecule has 2 aromatic rings. The number of amides is 2. The van der Waals surface area contributed by atoms with Crippen molar-refractivity contribution in [1.29, 1.82) is 0 Å². The van der Waals surface area contributed by atoms with Crippen LogP contribution in [0.5, 0.6) is 0 Å². The minimum absolute atomic E-state index is 0.0264. The molecular formula is C16H20N4O2. The fourth-order valence-corrected chi connectivity index (χ4v) is 2.41. The summed E-state index contributed by atoms with van der Waals surface area (Å²) in [5.74, 6) is 0.553. The van der Waals surface area contributed by atoms with Gasteiger partial charge in [-0.05, 0) is 31.9 Å². The maximum atomic E-state index is 12.3.